The van der Waals surface area contributed by atoms with E-state index in [-0.39, 0.29) is 17.1 Å². The number of ketones is 1. The van der Waals surface area contributed by atoms with Crippen LogP contribution in [0.15, 0.2) is 103 Å². The lowest BCUT2D eigenvalue weighted by atomic mass is 9.94. The topological polar surface area (TPSA) is 54.0 Å². The molecule has 0 aromatic heterocycles. The first-order valence-corrected chi connectivity index (χ1v) is 17.4. The number of Topliss-reactive ketones (excluding diaryl/α,β-unsaturated/α-hetero) is 1. The number of carbonyl (C=O) groups excluding carboxylic acids is 1. The number of hydrogen-bond acceptors (Lipinski definition) is 5. The second-order valence-electron chi connectivity index (χ2n) is 11.9. The molecule has 2 unspecified atom stereocenters. The van der Waals surface area contributed by atoms with Gasteiger partial charge in [0.1, 0.15) is 28.8 Å². The summed E-state index contributed by atoms with van der Waals surface area (Å²) < 4.78 is 24.1. The van der Waals surface area contributed by atoms with Crippen LogP contribution < -0.4 is 24.3 Å². The molecule has 1 aliphatic rings. The van der Waals surface area contributed by atoms with Crippen molar-refractivity contribution in [1.29, 1.82) is 0 Å². The fourth-order valence-electron chi connectivity index (χ4n) is 7.15. The standard InChI is InChI=1S/C41H41O5P/c1-26-14-7-9-16-29(26)31-18-11-19-32(30-17-10-8-15-27(30)2)41(31)47-37(39-33(43-3)20-12-21-34(39)44-4)24-28(42)25-38(47)40-35(45-5)22-13-23-36(40)46-6/h7-23,37-38H,24-25H2,1-6H3. The van der Waals surface area contributed by atoms with E-state index in [9.17, 15) is 4.79 Å². The summed E-state index contributed by atoms with van der Waals surface area (Å²) in [7, 11) is 5.53. The van der Waals surface area contributed by atoms with Gasteiger partial charge in [0, 0.05) is 35.3 Å². The lowest BCUT2D eigenvalue weighted by molar-refractivity contribution is -0.119. The molecule has 1 saturated heterocycles. The summed E-state index contributed by atoms with van der Waals surface area (Å²) >= 11 is 0. The third kappa shape index (κ3) is 6.01. The molecule has 6 heteroatoms. The Balaban J connectivity index is 1.78. The molecule has 0 aliphatic carbocycles. The van der Waals surface area contributed by atoms with Crippen LogP contribution in [-0.4, -0.2) is 34.2 Å². The quantitative estimate of drug-likeness (QED) is 0.150. The Bertz CT molecular complexity index is 1740. The van der Waals surface area contributed by atoms with Crippen molar-refractivity contribution < 1.29 is 23.7 Å². The van der Waals surface area contributed by atoms with E-state index in [0.717, 1.165) is 11.1 Å². The van der Waals surface area contributed by atoms with Crippen molar-refractivity contribution in [2.75, 3.05) is 28.4 Å². The van der Waals surface area contributed by atoms with Crippen LogP contribution in [-0.2, 0) is 4.79 Å². The highest BCUT2D eigenvalue weighted by Gasteiger charge is 2.45. The second kappa shape index (κ2) is 14.0. The number of methoxy groups -OCH3 is 4. The highest BCUT2D eigenvalue weighted by Crippen LogP contribution is 2.71. The summed E-state index contributed by atoms with van der Waals surface area (Å²) in [6.07, 6.45) is 0.734. The van der Waals surface area contributed by atoms with E-state index >= 15 is 0 Å². The Labute approximate surface area is 279 Å². The van der Waals surface area contributed by atoms with Crippen molar-refractivity contribution in [2.24, 2.45) is 0 Å². The highest BCUT2D eigenvalue weighted by atomic mass is 31.1. The molecule has 0 radical (unpaired) electrons. The van der Waals surface area contributed by atoms with Gasteiger partial charge in [0.15, 0.2) is 0 Å². The smallest absolute Gasteiger partial charge is 0.134 e. The van der Waals surface area contributed by atoms with Crippen LogP contribution >= 0.6 is 7.92 Å². The van der Waals surface area contributed by atoms with Crippen LogP contribution in [0.5, 0.6) is 23.0 Å². The van der Waals surface area contributed by atoms with Gasteiger partial charge in [0.2, 0.25) is 0 Å². The molecule has 1 fully saturated rings. The highest BCUT2D eigenvalue weighted by molar-refractivity contribution is 7.67. The average molecular weight is 645 g/mol. The first kappa shape index (κ1) is 32.3. The van der Waals surface area contributed by atoms with E-state index in [0.29, 0.717) is 35.8 Å². The van der Waals surface area contributed by atoms with E-state index in [1.165, 1.54) is 38.7 Å². The van der Waals surface area contributed by atoms with E-state index in [4.69, 9.17) is 18.9 Å². The normalized spacial score (nSPS) is 17.7. The minimum absolute atomic E-state index is 0.186. The van der Waals surface area contributed by atoms with E-state index in [2.05, 4.69) is 80.6 Å². The molecule has 1 aliphatic heterocycles. The maximum absolute atomic E-state index is 14.1. The van der Waals surface area contributed by atoms with Crippen LogP contribution in [0.1, 0.15) is 46.4 Å². The van der Waals surface area contributed by atoms with Crippen molar-refractivity contribution in [3.8, 4) is 45.3 Å². The molecular formula is C41H41O5P. The maximum Gasteiger partial charge on any atom is 0.134 e. The number of carbonyl (C=O) groups is 1. The molecule has 0 bridgehead atoms. The summed E-state index contributed by atoms with van der Waals surface area (Å²) in [5.41, 5.74) is 8.48. The molecular weight excluding hydrogens is 603 g/mol. The molecule has 240 valence electrons. The van der Waals surface area contributed by atoms with Crippen LogP contribution in [0, 0.1) is 13.8 Å². The van der Waals surface area contributed by atoms with Crippen molar-refractivity contribution in [3.05, 3.63) is 125 Å². The molecule has 1 heterocycles. The third-order valence-corrected chi connectivity index (χ3v) is 12.5. The van der Waals surface area contributed by atoms with Gasteiger partial charge in [-0.2, -0.15) is 0 Å². The first-order chi connectivity index (χ1) is 22.9. The fourth-order valence-corrected chi connectivity index (χ4v) is 11.0. The summed E-state index contributed by atoms with van der Waals surface area (Å²) in [6, 6.07) is 35.5. The van der Waals surface area contributed by atoms with Gasteiger partial charge in [-0.15, -0.1) is 0 Å². The number of hydrogen-bond donors (Lipinski definition) is 0. The van der Waals surface area contributed by atoms with E-state index < -0.39 is 7.92 Å². The van der Waals surface area contributed by atoms with Gasteiger partial charge in [-0.25, -0.2) is 0 Å². The predicted octanol–water partition coefficient (Wildman–Crippen LogP) is 9.62. The Morgan fingerprint density at radius 1 is 0.489 bits per heavy atom. The minimum Gasteiger partial charge on any atom is -0.496 e. The van der Waals surface area contributed by atoms with Crippen LogP contribution in [0.3, 0.4) is 0 Å². The van der Waals surface area contributed by atoms with Gasteiger partial charge in [0.25, 0.3) is 0 Å². The van der Waals surface area contributed by atoms with Crippen molar-refractivity contribution in [1.82, 2.24) is 0 Å². The van der Waals surface area contributed by atoms with Gasteiger partial charge >= 0.3 is 0 Å². The third-order valence-electron chi connectivity index (χ3n) is 9.28. The van der Waals surface area contributed by atoms with E-state index in [1.807, 2.05) is 36.4 Å². The lowest BCUT2D eigenvalue weighted by Crippen LogP contribution is -2.27. The number of aryl methyl sites for hydroxylation is 2. The Morgan fingerprint density at radius 2 is 0.830 bits per heavy atom. The summed E-state index contributed by atoms with van der Waals surface area (Å²) in [5.74, 6) is 3.05. The Kier molecular flexibility index (Phi) is 9.66. The van der Waals surface area contributed by atoms with Gasteiger partial charge in [-0.1, -0.05) is 86.8 Å². The van der Waals surface area contributed by atoms with Gasteiger partial charge in [0.05, 0.1) is 28.4 Å². The zero-order valence-corrected chi connectivity index (χ0v) is 28.8. The van der Waals surface area contributed by atoms with Crippen molar-refractivity contribution in [2.45, 2.75) is 38.0 Å². The SMILES string of the molecule is COc1cccc(OC)c1C1CC(=O)CC(c2c(OC)cccc2OC)P1c1c(-c2ccccc2C)cccc1-c1ccccc1C. The molecule has 0 N–H and O–H groups in total. The van der Waals surface area contributed by atoms with E-state index in [1.54, 1.807) is 28.4 Å². The Morgan fingerprint density at radius 3 is 1.19 bits per heavy atom. The van der Waals surface area contributed by atoms with Crippen molar-refractivity contribution >= 4 is 19.0 Å². The molecule has 0 amide bonds. The minimum atomic E-state index is -1.22. The molecule has 2 atom stereocenters. The monoisotopic (exact) mass is 644 g/mol. The van der Waals surface area contributed by atoms with Gasteiger partial charge < -0.3 is 18.9 Å². The lowest BCUT2D eigenvalue weighted by Gasteiger charge is -2.42. The number of ether oxygens (including phenoxy) is 4. The maximum atomic E-state index is 14.1. The largest absolute Gasteiger partial charge is 0.496 e. The zero-order valence-electron chi connectivity index (χ0n) is 27.9. The fraction of sp³-hybridized carbons (Fsp3) is 0.244. The summed E-state index contributed by atoms with van der Waals surface area (Å²) in [6.45, 7) is 4.33. The molecule has 5 aromatic rings. The molecule has 5 aromatic carbocycles. The summed E-state index contributed by atoms with van der Waals surface area (Å²) in [5, 5.41) is 1.24. The molecule has 47 heavy (non-hydrogen) atoms. The van der Waals surface area contributed by atoms with Gasteiger partial charge in [-0.3, -0.25) is 4.79 Å². The number of rotatable bonds is 9. The Hall–Kier alpha value is -4.60. The predicted molar refractivity (Wildman–Crippen MR) is 192 cm³/mol. The summed E-state index contributed by atoms with van der Waals surface area (Å²) in [4.78, 5) is 14.1. The van der Waals surface area contributed by atoms with Gasteiger partial charge in [-0.05, 0) is 76.8 Å². The average Bonchev–Trinajstić information content (AvgIpc) is 3.10. The molecule has 0 saturated carbocycles. The second-order valence-corrected chi connectivity index (χ2v) is 14.4. The number of benzene rings is 5. The first-order valence-electron chi connectivity index (χ1n) is 15.9. The van der Waals surface area contributed by atoms with Crippen LogP contribution in [0.4, 0.5) is 0 Å². The van der Waals surface area contributed by atoms with Crippen LogP contribution in [0.2, 0.25) is 0 Å². The molecule has 6 rings (SSSR count). The van der Waals surface area contributed by atoms with Crippen molar-refractivity contribution in [3.63, 3.8) is 0 Å². The molecule has 5 nitrogen and oxygen atoms in total. The van der Waals surface area contributed by atoms with Crippen LogP contribution in [0.25, 0.3) is 22.3 Å². The zero-order chi connectivity index (χ0) is 33.1. The molecule has 0 spiro atoms.